The predicted octanol–water partition coefficient (Wildman–Crippen LogP) is 2.09. The lowest BCUT2D eigenvalue weighted by molar-refractivity contribution is 0.199. The molecule has 0 fully saturated rings. The minimum absolute atomic E-state index is 0.438. The van der Waals surface area contributed by atoms with Gasteiger partial charge in [-0.05, 0) is 24.6 Å². The highest BCUT2D eigenvalue weighted by molar-refractivity contribution is 5.28. The topological polar surface area (TPSA) is 47.3 Å². The Hall–Kier alpha value is -1.81. The summed E-state index contributed by atoms with van der Waals surface area (Å²) in [6, 6.07) is 7.50. The van der Waals surface area contributed by atoms with Gasteiger partial charge in [0.25, 0.3) is 0 Å². The Morgan fingerprint density at radius 2 is 2.06 bits per heavy atom. The van der Waals surface area contributed by atoms with Crippen molar-refractivity contribution in [2.75, 3.05) is 6.61 Å². The maximum absolute atomic E-state index is 9.39. The van der Waals surface area contributed by atoms with Crippen LogP contribution in [-0.4, -0.2) is 21.3 Å². The number of ether oxygens (including phenoxy) is 1. The Morgan fingerprint density at radius 3 is 2.61 bits per heavy atom. The number of hydrogen-bond donors (Lipinski definition) is 1. The fraction of sp³-hybridized carbons (Fsp3) is 0.357. The van der Waals surface area contributed by atoms with E-state index in [1.54, 1.807) is 13.1 Å². The average molecular weight is 246 g/mol. The Labute approximate surface area is 107 Å². The molecule has 0 radical (unpaired) electrons. The number of imidazole rings is 1. The third kappa shape index (κ3) is 3.11. The quantitative estimate of drug-likeness (QED) is 0.878. The van der Waals surface area contributed by atoms with Gasteiger partial charge in [-0.3, -0.25) is 0 Å². The van der Waals surface area contributed by atoms with E-state index < -0.39 is 6.10 Å². The van der Waals surface area contributed by atoms with Gasteiger partial charge in [0.1, 0.15) is 11.6 Å². The monoisotopic (exact) mass is 246 g/mol. The van der Waals surface area contributed by atoms with E-state index in [0.29, 0.717) is 6.61 Å². The Morgan fingerprint density at radius 1 is 1.33 bits per heavy atom. The van der Waals surface area contributed by atoms with Crippen LogP contribution in [0.15, 0.2) is 36.7 Å². The molecule has 0 unspecified atom stereocenters. The summed E-state index contributed by atoms with van der Waals surface area (Å²) in [7, 11) is 1.97. The zero-order valence-electron chi connectivity index (χ0n) is 10.7. The Balaban J connectivity index is 1.85. The van der Waals surface area contributed by atoms with Gasteiger partial charge < -0.3 is 14.4 Å². The number of aliphatic hydroxyl groups is 1. The normalized spacial score (nSPS) is 12.4. The maximum atomic E-state index is 9.39. The summed E-state index contributed by atoms with van der Waals surface area (Å²) < 4.78 is 7.62. The first-order valence-corrected chi connectivity index (χ1v) is 6.04. The van der Waals surface area contributed by atoms with E-state index in [2.05, 4.69) is 4.98 Å². The number of rotatable bonds is 5. The summed E-state index contributed by atoms with van der Waals surface area (Å²) in [4.78, 5) is 4.23. The number of nitrogens with zero attached hydrogens (tertiary/aromatic N) is 2. The first-order chi connectivity index (χ1) is 8.66. The molecule has 1 aromatic carbocycles. The summed E-state index contributed by atoms with van der Waals surface area (Å²) in [6.07, 6.45) is 4.05. The van der Waals surface area contributed by atoms with Gasteiger partial charge in [0.05, 0.1) is 12.7 Å². The van der Waals surface area contributed by atoms with E-state index in [1.165, 1.54) is 0 Å². The van der Waals surface area contributed by atoms with Gasteiger partial charge >= 0.3 is 0 Å². The molecule has 18 heavy (non-hydrogen) atoms. The minimum Gasteiger partial charge on any atom is -0.493 e. The number of aromatic nitrogens is 2. The van der Waals surface area contributed by atoms with E-state index in [4.69, 9.17) is 4.74 Å². The van der Waals surface area contributed by atoms with Gasteiger partial charge in [0, 0.05) is 25.9 Å². The second-order valence-electron chi connectivity index (χ2n) is 4.30. The first kappa shape index (κ1) is 12.6. The molecular formula is C14H18N2O2. The van der Waals surface area contributed by atoms with Crippen LogP contribution in [0.2, 0.25) is 0 Å². The van der Waals surface area contributed by atoms with Crippen molar-refractivity contribution in [2.24, 2.45) is 7.05 Å². The molecule has 0 saturated heterocycles. The van der Waals surface area contributed by atoms with Crippen LogP contribution in [0.25, 0.3) is 0 Å². The van der Waals surface area contributed by atoms with Crippen molar-refractivity contribution >= 4 is 0 Å². The number of aliphatic hydroxyl groups excluding tert-OH is 1. The summed E-state index contributed by atoms with van der Waals surface area (Å²) in [5.41, 5.74) is 0.895. The van der Waals surface area contributed by atoms with Crippen LogP contribution in [0.1, 0.15) is 24.4 Å². The fourth-order valence-electron chi connectivity index (χ4n) is 1.74. The van der Waals surface area contributed by atoms with Crippen LogP contribution in [-0.2, 0) is 13.5 Å². The lowest BCUT2D eigenvalue weighted by atomic mass is 10.1. The molecule has 0 amide bonds. The first-order valence-electron chi connectivity index (χ1n) is 6.04. The third-order valence-corrected chi connectivity index (χ3v) is 2.88. The molecule has 0 aliphatic heterocycles. The number of benzene rings is 1. The standard InChI is InChI=1S/C14H18N2O2/c1-11(17)12-3-5-13(6-4-12)18-10-7-14-15-8-9-16(14)2/h3-6,8-9,11,17H,7,10H2,1-2H3/t11-/m1/s1. The maximum Gasteiger partial charge on any atom is 0.119 e. The van der Waals surface area contributed by atoms with Crippen LogP contribution in [0.3, 0.4) is 0 Å². The van der Waals surface area contributed by atoms with Crippen molar-refractivity contribution in [1.82, 2.24) is 9.55 Å². The molecule has 0 aliphatic rings. The zero-order valence-corrected chi connectivity index (χ0v) is 10.7. The molecule has 1 atom stereocenters. The SMILES string of the molecule is C[C@@H](O)c1ccc(OCCc2nccn2C)cc1. The highest BCUT2D eigenvalue weighted by Gasteiger charge is 2.02. The van der Waals surface area contributed by atoms with Crippen molar-refractivity contribution in [3.8, 4) is 5.75 Å². The molecule has 0 aliphatic carbocycles. The predicted molar refractivity (Wildman–Crippen MR) is 69.5 cm³/mol. The lowest BCUT2D eigenvalue weighted by Crippen LogP contribution is -2.06. The van der Waals surface area contributed by atoms with Crippen molar-refractivity contribution in [3.05, 3.63) is 48.0 Å². The molecule has 1 N–H and O–H groups in total. The molecule has 4 nitrogen and oxygen atoms in total. The van der Waals surface area contributed by atoms with E-state index in [1.807, 2.05) is 42.1 Å². The highest BCUT2D eigenvalue weighted by Crippen LogP contribution is 2.17. The van der Waals surface area contributed by atoms with E-state index in [-0.39, 0.29) is 0 Å². The van der Waals surface area contributed by atoms with Crippen LogP contribution >= 0.6 is 0 Å². The molecule has 1 aromatic heterocycles. The van der Waals surface area contributed by atoms with Crippen LogP contribution < -0.4 is 4.74 Å². The van der Waals surface area contributed by atoms with E-state index in [9.17, 15) is 5.11 Å². The third-order valence-electron chi connectivity index (χ3n) is 2.88. The van der Waals surface area contributed by atoms with Crippen molar-refractivity contribution in [3.63, 3.8) is 0 Å². The molecule has 1 heterocycles. The van der Waals surface area contributed by atoms with Crippen LogP contribution in [0.4, 0.5) is 0 Å². The van der Waals surface area contributed by atoms with Gasteiger partial charge in [0.15, 0.2) is 0 Å². The van der Waals surface area contributed by atoms with Crippen molar-refractivity contribution < 1.29 is 9.84 Å². The zero-order chi connectivity index (χ0) is 13.0. The molecule has 0 bridgehead atoms. The summed E-state index contributed by atoms with van der Waals surface area (Å²) >= 11 is 0. The molecular weight excluding hydrogens is 228 g/mol. The molecule has 4 heteroatoms. The van der Waals surface area contributed by atoms with E-state index >= 15 is 0 Å². The molecule has 0 saturated carbocycles. The second-order valence-corrected chi connectivity index (χ2v) is 4.30. The molecule has 96 valence electrons. The van der Waals surface area contributed by atoms with Gasteiger partial charge in [-0.2, -0.15) is 0 Å². The second kappa shape index (κ2) is 5.69. The number of aryl methyl sites for hydroxylation is 1. The molecule has 2 aromatic rings. The highest BCUT2D eigenvalue weighted by atomic mass is 16.5. The van der Waals surface area contributed by atoms with Gasteiger partial charge in [0.2, 0.25) is 0 Å². The Bertz CT molecular complexity index is 489. The fourth-order valence-corrected chi connectivity index (χ4v) is 1.74. The Kier molecular flexibility index (Phi) is 3.99. The smallest absolute Gasteiger partial charge is 0.119 e. The van der Waals surface area contributed by atoms with Gasteiger partial charge in [-0.15, -0.1) is 0 Å². The molecule has 2 rings (SSSR count). The van der Waals surface area contributed by atoms with Gasteiger partial charge in [-0.25, -0.2) is 4.98 Å². The summed E-state index contributed by atoms with van der Waals surface area (Å²) in [5.74, 6) is 1.82. The summed E-state index contributed by atoms with van der Waals surface area (Å²) in [6.45, 7) is 2.34. The lowest BCUT2D eigenvalue weighted by Gasteiger charge is -2.08. The largest absolute Gasteiger partial charge is 0.493 e. The van der Waals surface area contributed by atoms with Crippen LogP contribution in [0.5, 0.6) is 5.75 Å². The van der Waals surface area contributed by atoms with E-state index in [0.717, 1.165) is 23.6 Å². The van der Waals surface area contributed by atoms with Crippen LogP contribution in [0, 0.1) is 0 Å². The van der Waals surface area contributed by atoms with Crippen molar-refractivity contribution in [2.45, 2.75) is 19.4 Å². The summed E-state index contributed by atoms with van der Waals surface area (Å²) in [5, 5.41) is 9.39. The number of hydrogen-bond acceptors (Lipinski definition) is 3. The average Bonchev–Trinajstić information content (AvgIpc) is 2.76. The van der Waals surface area contributed by atoms with Gasteiger partial charge in [-0.1, -0.05) is 12.1 Å². The minimum atomic E-state index is -0.438. The van der Waals surface area contributed by atoms with Crippen molar-refractivity contribution in [1.29, 1.82) is 0 Å². The molecule has 0 spiro atoms.